The van der Waals surface area contributed by atoms with Crippen LogP contribution in [0.3, 0.4) is 0 Å². The van der Waals surface area contributed by atoms with Crippen molar-refractivity contribution in [2.75, 3.05) is 19.7 Å². The van der Waals surface area contributed by atoms with E-state index in [0.29, 0.717) is 13.1 Å². The van der Waals surface area contributed by atoms with E-state index in [1.165, 1.54) is 18.2 Å². The Bertz CT molecular complexity index is 591. The average molecular weight is 336 g/mol. The number of aliphatic hydroxyl groups is 1. The smallest absolute Gasteiger partial charge is 0.254 e. The molecule has 2 N–H and O–H groups in total. The number of hydrogen-bond acceptors (Lipinski definition) is 3. The molecule has 2 amide bonds. The lowest BCUT2D eigenvalue weighted by Crippen LogP contribution is -2.53. The Labute approximate surface area is 141 Å². The third-order valence-electron chi connectivity index (χ3n) is 4.43. The van der Waals surface area contributed by atoms with Crippen LogP contribution in [0.25, 0.3) is 0 Å². The van der Waals surface area contributed by atoms with Crippen molar-refractivity contribution >= 4 is 11.8 Å². The lowest BCUT2D eigenvalue weighted by atomic mass is 9.96. The highest BCUT2D eigenvalue weighted by Crippen LogP contribution is 2.18. The van der Waals surface area contributed by atoms with Crippen LogP contribution >= 0.6 is 0 Å². The lowest BCUT2D eigenvalue weighted by molar-refractivity contribution is -0.136. The zero-order chi connectivity index (χ0) is 17.7. The third kappa shape index (κ3) is 4.32. The Kier molecular flexibility index (Phi) is 6.31. The minimum Gasteiger partial charge on any atom is -0.396 e. The molecule has 0 saturated carbocycles. The van der Waals surface area contributed by atoms with Gasteiger partial charge in [0.1, 0.15) is 11.9 Å². The first-order valence-corrected chi connectivity index (χ1v) is 8.39. The SMILES string of the molecule is CC(C)C(NC(=O)c1ccccc1F)C(=O)N1CCCC(CO)C1. The zero-order valence-corrected chi connectivity index (χ0v) is 14.2. The van der Waals surface area contributed by atoms with Crippen LogP contribution in [0.4, 0.5) is 4.39 Å². The van der Waals surface area contributed by atoms with Crippen LogP contribution in [0.5, 0.6) is 0 Å². The number of carbonyl (C=O) groups is 2. The standard InChI is InChI=1S/C18H25FN2O3/c1-12(2)16(18(24)21-9-5-6-13(10-21)11-22)20-17(23)14-7-3-4-8-15(14)19/h3-4,7-8,12-13,16,22H,5-6,9-11H2,1-2H3,(H,20,23). The molecule has 2 unspecified atom stereocenters. The first-order chi connectivity index (χ1) is 11.4. The highest BCUT2D eigenvalue weighted by molar-refractivity contribution is 5.97. The molecule has 1 heterocycles. The lowest BCUT2D eigenvalue weighted by Gasteiger charge is -2.35. The molecule has 2 atom stereocenters. The van der Waals surface area contributed by atoms with Gasteiger partial charge >= 0.3 is 0 Å². The molecule has 1 aromatic carbocycles. The maximum Gasteiger partial charge on any atom is 0.254 e. The Hall–Kier alpha value is -1.95. The number of nitrogens with one attached hydrogen (secondary N) is 1. The molecule has 1 aromatic rings. The Morgan fingerprint density at radius 2 is 2.08 bits per heavy atom. The van der Waals surface area contributed by atoms with Gasteiger partial charge in [0.25, 0.3) is 5.91 Å². The van der Waals surface area contributed by atoms with Gasteiger partial charge in [-0.25, -0.2) is 4.39 Å². The number of hydrogen-bond donors (Lipinski definition) is 2. The van der Waals surface area contributed by atoms with E-state index in [1.807, 2.05) is 13.8 Å². The van der Waals surface area contributed by atoms with Crippen LogP contribution in [0, 0.1) is 17.7 Å². The second-order valence-corrected chi connectivity index (χ2v) is 6.65. The Morgan fingerprint density at radius 1 is 1.38 bits per heavy atom. The summed E-state index contributed by atoms with van der Waals surface area (Å²) >= 11 is 0. The molecule has 0 spiro atoms. The Balaban J connectivity index is 2.10. The number of halogens is 1. The van der Waals surface area contributed by atoms with Crippen LogP contribution in [-0.4, -0.2) is 47.6 Å². The molecule has 1 saturated heterocycles. The van der Waals surface area contributed by atoms with Crippen LogP contribution in [0.15, 0.2) is 24.3 Å². The molecule has 6 heteroatoms. The van der Waals surface area contributed by atoms with E-state index in [-0.39, 0.29) is 29.9 Å². The van der Waals surface area contributed by atoms with E-state index >= 15 is 0 Å². The fraction of sp³-hybridized carbons (Fsp3) is 0.556. The highest BCUT2D eigenvalue weighted by atomic mass is 19.1. The Morgan fingerprint density at radius 3 is 2.71 bits per heavy atom. The van der Waals surface area contributed by atoms with Crippen LogP contribution in [-0.2, 0) is 4.79 Å². The molecule has 24 heavy (non-hydrogen) atoms. The minimum absolute atomic E-state index is 0.0533. The summed E-state index contributed by atoms with van der Waals surface area (Å²) < 4.78 is 13.8. The molecule has 1 fully saturated rings. The summed E-state index contributed by atoms with van der Waals surface area (Å²) in [5, 5.41) is 12.0. The van der Waals surface area contributed by atoms with Crippen LogP contribution < -0.4 is 5.32 Å². The zero-order valence-electron chi connectivity index (χ0n) is 14.2. The number of rotatable bonds is 5. The van der Waals surface area contributed by atoms with Crippen molar-refractivity contribution in [1.82, 2.24) is 10.2 Å². The number of amides is 2. The van der Waals surface area contributed by atoms with Gasteiger partial charge < -0.3 is 15.3 Å². The quantitative estimate of drug-likeness (QED) is 0.862. The van der Waals surface area contributed by atoms with Gasteiger partial charge in [0.05, 0.1) is 5.56 Å². The van der Waals surface area contributed by atoms with Crippen molar-refractivity contribution in [2.24, 2.45) is 11.8 Å². The van der Waals surface area contributed by atoms with E-state index in [4.69, 9.17) is 0 Å². The van der Waals surface area contributed by atoms with Crippen LogP contribution in [0.2, 0.25) is 0 Å². The predicted molar refractivity (Wildman–Crippen MR) is 88.9 cm³/mol. The van der Waals surface area contributed by atoms with Crippen molar-refractivity contribution < 1.29 is 19.1 Å². The van der Waals surface area contributed by atoms with Crippen molar-refractivity contribution in [3.8, 4) is 0 Å². The fourth-order valence-electron chi connectivity index (χ4n) is 2.99. The normalized spacial score (nSPS) is 19.2. The molecule has 5 nitrogen and oxygen atoms in total. The highest BCUT2D eigenvalue weighted by Gasteiger charge is 2.32. The van der Waals surface area contributed by atoms with E-state index < -0.39 is 17.8 Å². The van der Waals surface area contributed by atoms with Gasteiger partial charge in [-0.1, -0.05) is 26.0 Å². The summed E-state index contributed by atoms with van der Waals surface area (Å²) in [5.41, 5.74) is -0.0668. The number of aliphatic hydroxyl groups excluding tert-OH is 1. The summed E-state index contributed by atoms with van der Waals surface area (Å²) in [6.45, 7) is 4.86. The summed E-state index contributed by atoms with van der Waals surface area (Å²) in [4.78, 5) is 26.8. The van der Waals surface area contributed by atoms with E-state index in [1.54, 1.807) is 11.0 Å². The molecule has 0 bridgehead atoms. The summed E-state index contributed by atoms with van der Waals surface area (Å²) in [5.74, 6) is -1.41. The molecular formula is C18H25FN2O3. The second-order valence-electron chi connectivity index (χ2n) is 6.65. The molecular weight excluding hydrogens is 311 g/mol. The predicted octanol–water partition coefficient (Wildman–Crippen LogP) is 1.81. The van der Waals surface area contributed by atoms with Gasteiger partial charge in [-0.15, -0.1) is 0 Å². The molecule has 0 aromatic heterocycles. The van der Waals surface area contributed by atoms with E-state index in [2.05, 4.69) is 5.32 Å². The third-order valence-corrected chi connectivity index (χ3v) is 4.43. The molecule has 1 aliphatic rings. The van der Waals surface area contributed by atoms with Crippen molar-refractivity contribution in [3.63, 3.8) is 0 Å². The molecule has 0 radical (unpaired) electrons. The van der Waals surface area contributed by atoms with Gasteiger partial charge in [0.2, 0.25) is 5.91 Å². The summed E-state index contributed by atoms with van der Waals surface area (Å²) in [6.07, 6.45) is 1.73. The number of nitrogens with zero attached hydrogens (tertiary/aromatic N) is 1. The number of carbonyl (C=O) groups excluding carboxylic acids is 2. The molecule has 1 aliphatic heterocycles. The first-order valence-electron chi connectivity index (χ1n) is 8.39. The second kappa shape index (κ2) is 8.24. The van der Waals surface area contributed by atoms with Gasteiger partial charge in [-0.05, 0) is 36.8 Å². The maximum atomic E-state index is 13.8. The minimum atomic E-state index is -0.713. The average Bonchev–Trinajstić information content (AvgIpc) is 2.59. The van der Waals surface area contributed by atoms with Gasteiger partial charge in [0.15, 0.2) is 0 Å². The maximum absolute atomic E-state index is 13.8. The summed E-state index contributed by atoms with van der Waals surface area (Å²) in [7, 11) is 0. The first kappa shape index (κ1) is 18.4. The topological polar surface area (TPSA) is 69.6 Å². The number of benzene rings is 1. The van der Waals surface area contributed by atoms with E-state index in [0.717, 1.165) is 12.8 Å². The van der Waals surface area contributed by atoms with Crippen molar-refractivity contribution in [3.05, 3.63) is 35.6 Å². The van der Waals surface area contributed by atoms with Gasteiger partial charge in [-0.3, -0.25) is 9.59 Å². The van der Waals surface area contributed by atoms with E-state index in [9.17, 15) is 19.1 Å². The van der Waals surface area contributed by atoms with Gasteiger partial charge in [-0.2, -0.15) is 0 Å². The number of likely N-dealkylation sites (tertiary alicyclic amines) is 1. The molecule has 2 rings (SSSR count). The van der Waals surface area contributed by atoms with Crippen LogP contribution in [0.1, 0.15) is 37.0 Å². The molecule has 0 aliphatic carbocycles. The summed E-state index contributed by atoms with van der Waals surface area (Å²) in [6, 6.07) is 5.00. The monoisotopic (exact) mass is 336 g/mol. The molecule has 132 valence electrons. The largest absolute Gasteiger partial charge is 0.396 e. The van der Waals surface area contributed by atoms with Crippen molar-refractivity contribution in [2.45, 2.75) is 32.7 Å². The fourth-order valence-corrected chi connectivity index (χ4v) is 2.99. The number of piperidine rings is 1. The van der Waals surface area contributed by atoms with Gasteiger partial charge in [0, 0.05) is 19.7 Å². The van der Waals surface area contributed by atoms with Crippen molar-refractivity contribution in [1.29, 1.82) is 0 Å².